The smallest absolute Gasteiger partial charge is 0.221 e. The van der Waals surface area contributed by atoms with Crippen LogP contribution in [-0.2, 0) is 9.53 Å². The number of carbonyl (C=O) groups excluding carboxylic acids is 1. The van der Waals surface area contributed by atoms with Gasteiger partial charge >= 0.3 is 0 Å². The molecule has 0 spiro atoms. The fourth-order valence-corrected chi connectivity index (χ4v) is 1.86. The summed E-state index contributed by atoms with van der Waals surface area (Å²) in [6.07, 6.45) is 2.49. The van der Waals surface area contributed by atoms with Crippen LogP contribution in [0.25, 0.3) is 0 Å². The predicted molar refractivity (Wildman–Crippen MR) is 81.3 cm³/mol. The third-order valence-corrected chi connectivity index (χ3v) is 2.98. The molecule has 20 heavy (non-hydrogen) atoms. The summed E-state index contributed by atoms with van der Waals surface area (Å²) in [4.78, 5) is 11.7. The third kappa shape index (κ3) is 7.26. The maximum absolute atomic E-state index is 11.7. The van der Waals surface area contributed by atoms with Gasteiger partial charge in [-0.05, 0) is 32.3 Å². The Morgan fingerprint density at radius 3 is 2.60 bits per heavy atom. The standard InChI is InChI=1S/C16H26N2O2/c1-13(2)20-11-7-6-10-18-16(19)12-15(17)14-8-4-3-5-9-14/h3-5,8-9,13,15H,6-7,10-12,17H2,1-2H3,(H,18,19). The molecule has 1 rings (SSSR count). The number of amides is 1. The topological polar surface area (TPSA) is 64.3 Å². The molecule has 0 aromatic heterocycles. The first-order chi connectivity index (χ1) is 9.59. The van der Waals surface area contributed by atoms with Crippen LogP contribution in [0.15, 0.2) is 30.3 Å². The van der Waals surface area contributed by atoms with Crippen molar-refractivity contribution in [1.29, 1.82) is 0 Å². The van der Waals surface area contributed by atoms with E-state index in [2.05, 4.69) is 5.32 Å². The normalized spacial score (nSPS) is 12.4. The molecule has 0 saturated carbocycles. The number of benzene rings is 1. The van der Waals surface area contributed by atoms with Gasteiger partial charge in [-0.3, -0.25) is 4.79 Å². The zero-order valence-electron chi connectivity index (χ0n) is 12.5. The molecule has 1 atom stereocenters. The summed E-state index contributed by atoms with van der Waals surface area (Å²) in [5.74, 6) is 0.00568. The molecule has 4 heteroatoms. The average molecular weight is 278 g/mol. The molecular formula is C16H26N2O2. The van der Waals surface area contributed by atoms with Crippen LogP contribution < -0.4 is 11.1 Å². The predicted octanol–water partition coefficient (Wildman–Crippen LogP) is 2.40. The summed E-state index contributed by atoms with van der Waals surface area (Å²) in [6, 6.07) is 9.46. The third-order valence-electron chi connectivity index (χ3n) is 2.98. The number of unbranched alkanes of at least 4 members (excludes halogenated alkanes) is 1. The van der Waals surface area contributed by atoms with Crippen molar-refractivity contribution in [1.82, 2.24) is 5.32 Å². The summed E-state index contributed by atoms with van der Waals surface area (Å²) in [5.41, 5.74) is 6.99. The summed E-state index contributed by atoms with van der Waals surface area (Å²) >= 11 is 0. The van der Waals surface area contributed by atoms with Gasteiger partial charge in [0.25, 0.3) is 0 Å². The Morgan fingerprint density at radius 1 is 1.25 bits per heavy atom. The number of ether oxygens (including phenoxy) is 1. The Kier molecular flexibility index (Phi) is 7.92. The molecule has 4 nitrogen and oxygen atoms in total. The van der Waals surface area contributed by atoms with E-state index in [4.69, 9.17) is 10.5 Å². The van der Waals surface area contributed by atoms with Gasteiger partial charge in [0.1, 0.15) is 0 Å². The van der Waals surface area contributed by atoms with Crippen LogP contribution in [0, 0.1) is 0 Å². The highest BCUT2D eigenvalue weighted by molar-refractivity contribution is 5.76. The Labute approximate surface area is 121 Å². The van der Waals surface area contributed by atoms with Gasteiger partial charge in [0.2, 0.25) is 5.91 Å². The van der Waals surface area contributed by atoms with Crippen LogP contribution in [0.2, 0.25) is 0 Å². The van der Waals surface area contributed by atoms with Crippen LogP contribution >= 0.6 is 0 Å². The van der Waals surface area contributed by atoms with Gasteiger partial charge in [0.05, 0.1) is 6.10 Å². The van der Waals surface area contributed by atoms with Gasteiger partial charge in [0, 0.05) is 25.6 Å². The zero-order chi connectivity index (χ0) is 14.8. The van der Waals surface area contributed by atoms with Crippen molar-refractivity contribution < 1.29 is 9.53 Å². The lowest BCUT2D eigenvalue weighted by molar-refractivity contribution is -0.121. The highest BCUT2D eigenvalue weighted by Gasteiger charge is 2.10. The van der Waals surface area contributed by atoms with Crippen LogP contribution in [0.5, 0.6) is 0 Å². The monoisotopic (exact) mass is 278 g/mol. The van der Waals surface area contributed by atoms with Crippen molar-refractivity contribution in [2.24, 2.45) is 5.73 Å². The first-order valence-corrected chi connectivity index (χ1v) is 7.28. The van der Waals surface area contributed by atoms with E-state index in [9.17, 15) is 4.79 Å². The van der Waals surface area contributed by atoms with E-state index >= 15 is 0 Å². The lowest BCUT2D eigenvalue weighted by atomic mass is 10.0. The van der Waals surface area contributed by atoms with Gasteiger partial charge in [-0.1, -0.05) is 30.3 Å². The van der Waals surface area contributed by atoms with Gasteiger partial charge in [0.15, 0.2) is 0 Å². The Balaban J connectivity index is 2.11. The average Bonchev–Trinajstić information content (AvgIpc) is 2.43. The first kappa shape index (κ1) is 16.7. The molecule has 1 amide bonds. The molecule has 3 N–H and O–H groups in total. The van der Waals surface area contributed by atoms with Crippen molar-refractivity contribution in [3.63, 3.8) is 0 Å². The second kappa shape index (κ2) is 9.50. The number of hydrogen-bond donors (Lipinski definition) is 2. The summed E-state index contributed by atoms with van der Waals surface area (Å²) in [6.45, 7) is 5.47. The number of rotatable bonds is 9. The molecule has 0 radical (unpaired) electrons. The maximum Gasteiger partial charge on any atom is 0.221 e. The van der Waals surface area contributed by atoms with Gasteiger partial charge < -0.3 is 15.8 Å². The fourth-order valence-electron chi connectivity index (χ4n) is 1.86. The minimum atomic E-state index is -0.236. The lowest BCUT2D eigenvalue weighted by Gasteiger charge is -2.12. The molecule has 0 bridgehead atoms. The maximum atomic E-state index is 11.7. The van der Waals surface area contributed by atoms with Crippen molar-refractivity contribution in [2.45, 2.75) is 45.3 Å². The van der Waals surface area contributed by atoms with E-state index in [-0.39, 0.29) is 18.1 Å². The van der Waals surface area contributed by atoms with E-state index in [0.717, 1.165) is 25.0 Å². The second-order valence-corrected chi connectivity index (χ2v) is 5.20. The molecule has 0 aliphatic rings. The minimum absolute atomic E-state index is 0.00568. The van der Waals surface area contributed by atoms with E-state index in [1.165, 1.54) is 0 Å². The SMILES string of the molecule is CC(C)OCCCCNC(=O)CC(N)c1ccccc1. The van der Waals surface area contributed by atoms with Crippen molar-refractivity contribution in [3.8, 4) is 0 Å². The fraction of sp³-hybridized carbons (Fsp3) is 0.562. The molecule has 1 unspecified atom stereocenters. The molecular weight excluding hydrogens is 252 g/mol. The molecule has 0 fully saturated rings. The highest BCUT2D eigenvalue weighted by Crippen LogP contribution is 2.12. The molecule has 1 aromatic carbocycles. The highest BCUT2D eigenvalue weighted by atomic mass is 16.5. The number of nitrogens with two attached hydrogens (primary N) is 1. The number of carbonyl (C=O) groups is 1. The molecule has 0 heterocycles. The lowest BCUT2D eigenvalue weighted by Crippen LogP contribution is -2.28. The summed E-state index contributed by atoms with van der Waals surface area (Å²) in [7, 11) is 0. The van der Waals surface area contributed by atoms with Crippen LogP contribution in [0.1, 0.15) is 44.7 Å². The molecule has 0 aliphatic heterocycles. The molecule has 1 aromatic rings. The van der Waals surface area contributed by atoms with Crippen molar-refractivity contribution >= 4 is 5.91 Å². The van der Waals surface area contributed by atoms with Crippen LogP contribution in [-0.4, -0.2) is 25.2 Å². The van der Waals surface area contributed by atoms with E-state index in [0.29, 0.717) is 13.0 Å². The van der Waals surface area contributed by atoms with E-state index in [1.54, 1.807) is 0 Å². The number of hydrogen-bond acceptors (Lipinski definition) is 3. The molecule has 112 valence electrons. The van der Waals surface area contributed by atoms with Crippen molar-refractivity contribution in [2.75, 3.05) is 13.2 Å². The van der Waals surface area contributed by atoms with E-state index < -0.39 is 0 Å². The summed E-state index contributed by atoms with van der Waals surface area (Å²) < 4.78 is 5.44. The zero-order valence-corrected chi connectivity index (χ0v) is 12.5. The van der Waals surface area contributed by atoms with E-state index in [1.807, 2.05) is 44.2 Å². The Bertz CT molecular complexity index is 379. The Morgan fingerprint density at radius 2 is 1.95 bits per heavy atom. The summed E-state index contributed by atoms with van der Waals surface area (Å²) in [5, 5.41) is 2.90. The molecule has 0 saturated heterocycles. The van der Waals surface area contributed by atoms with Crippen molar-refractivity contribution in [3.05, 3.63) is 35.9 Å². The van der Waals surface area contributed by atoms with Crippen LogP contribution in [0.3, 0.4) is 0 Å². The Hall–Kier alpha value is -1.39. The molecule has 0 aliphatic carbocycles. The van der Waals surface area contributed by atoms with Crippen LogP contribution in [0.4, 0.5) is 0 Å². The van der Waals surface area contributed by atoms with Gasteiger partial charge in [-0.15, -0.1) is 0 Å². The van der Waals surface area contributed by atoms with Gasteiger partial charge in [-0.25, -0.2) is 0 Å². The number of nitrogens with one attached hydrogen (secondary N) is 1. The first-order valence-electron chi connectivity index (χ1n) is 7.28. The minimum Gasteiger partial charge on any atom is -0.379 e. The largest absolute Gasteiger partial charge is 0.379 e. The quantitative estimate of drug-likeness (QED) is 0.682. The second-order valence-electron chi connectivity index (χ2n) is 5.20. The van der Waals surface area contributed by atoms with Gasteiger partial charge in [-0.2, -0.15) is 0 Å².